The fourth-order valence-electron chi connectivity index (χ4n) is 0.519. The van der Waals surface area contributed by atoms with E-state index >= 15 is 0 Å². The number of carboxylic acids is 1. The zero-order valence-electron chi connectivity index (χ0n) is 5.56. The smallest absolute Gasteiger partial charge is 0.324 e. The summed E-state index contributed by atoms with van der Waals surface area (Å²) in [5, 5.41) is 15.1. The van der Waals surface area contributed by atoms with Gasteiger partial charge in [0.1, 0.15) is 12.9 Å². The second-order valence-electron chi connectivity index (χ2n) is 1.79. The predicted octanol–water partition coefficient (Wildman–Crippen LogP) is -1.51. The summed E-state index contributed by atoms with van der Waals surface area (Å²) in [6.07, 6.45) is 1.29. The molecule has 7 nitrogen and oxygen atoms in total. The molecule has 0 aromatic carbocycles. The number of anilines is 1. The summed E-state index contributed by atoms with van der Waals surface area (Å²) in [5.74, 6) is -0.843. The minimum absolute atomic E-state index is 0.131. The van der Waals surface area contributed by atoms with E-state index in [2.05, 4.69) is 15.6 Å². The number of nitrogens with two attached hydrogens (primary N) is 1. The molecule has 0 bridgehead atoms. The number of aromatic nitrogens is 3. The van der Waals surface area contributed by atoms with Gasteiger partial charge < -0.3 is 16.3 Å². The van der Waals surface area contributed by atoms with Gasteiger partial charge in [-0.25, -0.2) is 4.68 Å². The lowest BCUT2D eigenvalue weighted by Gasteiger charge is -2.02. The summed E-state index contributed by atoms with van der Waals surface area (Å²) in [6.45, 7) is -0.220. The van der Waals surface area contributed by atoms with E-state index in [0.717, 1.165) is 0 Å². The van der Waals surface area contributed by atoms with Crippen molar-refractivity contribution in [3.8, 4) is 0 Å². The predicted molar refractivity (Wildman–Crippen MR) is 36.3 cm³/mol. The number of rotatable bonds is 3. The van der Waals surface area contributed by atoms with Gasteiger partial charge in [0.2, 0.25) is 5.95 Å². The molecule has 0 saturated carbocycles. The normalized spacial score (nSPS) is 9.45. The van der Waals surface area contributed by atoms with Crippen LogP contribution in [0.2, 0.25) is 0 Å². The second kappa shape index (κ2) is 2.86. The topological polar surface area (TPSA) is 106 Å². The number of hydrogen-bond acceptors (Lipinski definition) is 5. The third-order valence-corrected chi connectivity index (χ3v) is 0.975. The first kappa shape index (κ1) is 7.32. The average molecular weight is 157 g/mol. The molecule has 1 rings (SSSR count). The molecule has 60 valence electrons. The van der Waals surface area contributed by atoms with Crippen LogP contribution in [0.5, 0.6) is 0 Å². The number of carbonyl (C=O) groups is 1. The molecule has 0 fully saturated rings. The third-order valence-electron chi connectivity index (χ3n) is 0.975. The van der Waals surface area contributed by atoms with Crippen LogP contribution in [-0.4, -0.2) is 32.5 Å². The second-order valence-corrected chi connectivity index (χ2v) is 1.79. The van der Waals surface area contributed by atoms with Crippen molar-refractivity contribution in [2.75, 3.05) is 17.7 Å². The van der Waals surface area contributed by atoms with E-state index in [9.17, 15) is 4.79 Å². The summed E-state index contributed by atoms with van der Waals surface area (Å²) in [5.41, 5.74) is 7.72. The van der Waals surface area contributed by atoms with Crippen LogP contribution in [0, 0.1) is 0 Å². The minimum Gasteiger partial charge on any atom is -0.480 e. The lowest BCUT2D eigenvalue weighted by molar-refractivity contribution is -0.135. The van der Waals surface area contributed by atoms with Crippen LogP contribution in [0.25, 0.3) is 0 Å². The first-order valence-corrected chi connectivity index (χ1v) is 2.81. The van der Waals surface area contributed by atoms with Crippen LogP contribution >= 0.6 is 0 Å². The van der Waals surface area contributed by atoms with E-state index < -0.39 is 5.97 Å². The molecular formula is C4H7N5O2. The zero-order chi connectivity index (χ0) is 8.27. The van der Waals surface area contributed by atoms with Gasteiger partial charge in [-0.1, -0.05) is 0 Å². The Labute approximate surface area is 61.8 Å². The SMILES string of the molecule is Nc1nncn1NCC(=O)O. The van der Waals surface area contributed by atoms with E-state index in [0.29, 0.717) is 0 Å². The number of aliphatic carboxylic acids is 1. The number of carboxylic acid groups (broad SMARTS) is 1. The average Bonchev–Trinajstić information content (AvgIpc) is 2.31. The number of nitrogens with zero attached hydrogens (tertiary/aromatic N) is 3. The van der Waals surface area contributed by atoms with Gasteiger partial charge in [-0.2, -0.15) is 0 Å². The van der Waals surface area contributed by atoms with Gasteiger partial charge in [-0.15, -0.1) is 10.2 Å². The molecule has 4 N–H and O–H groups in total. The molecule has 0 atom stereocenters. The third kappa shape index (κ3) is 1.81. The lowest BCUT2D eigenvalue weighted by Crippen LogP contribution is -2.22. The zero-order valence-corrected chi connectivity index (χ0v) is 5.56. The molecule has 0 aliphatic heterocycles. The standard InChI is InChI=1S/C4H7N5O2/c5-4-8-6-2-9(4)7-1-3(10)11/h2,7H,1H2,(H2,5,8)(H,10,11). The van der Waals surface area contributed by atoms with Crippen LogP contribution < -0.4 is 11.2 Å². The van der Waals surface area contributed by atoms with Crippen molar-refractivity contribution in [3.63, 3.8) is 0 Å². The fourth-order valence-corrected chi connectivity index (χ4v) is 0.519. The van der Waals surface area contributed by atoms with Gasteiger partial charge in [0.05, 0.1) is 0 Å². The van der Waals surface area contributed by atoms with Crippen LogP contribution in [0.4, 0.5) is 5.95 Å². The van der Waals surface area contributed by atoms with Crippen molar-refractivity contribution >= 4 is 11.9 Å². The van der Waals surface area contributed by atoms with Gasteiger partial charge in [0.25, 0.3) is 0 Å². The molecule has 0 amide bonds. The monoisotopic (exact) mass is 157 g/mol. The summed E-state index contributed by atoms with van der Waals surface area (Å²) in [7, 11) is 0. The quantitative estimate of drug-likeness (QED) is 0.492. The highest BCUT2D eigenvalue weighted by Gasteiger charge is 1.99. The summed E-state index contributed by atoms with van der Waals surface area (Å²) >= 11 is 0. The molecule has 0 radical (unpaired) electrons. The Hall–Kier alpha value is -1.79. The van der Waals surface area contributed by atoms with Crippen LogP contribution in [0.1, 0.15) is 0 Å². The van der Waals surface area contributed by atoms with Gasteiger partial charge in [0.15, 0.2) is 0 Å². The molecule has 1 aromatic rings. The van der Waals surface area contributed by atoms with Crippen molar-refractivity contribution < 1.29 is 9.90 Å². The van der Waals surface area contributed by atoms with E-state index in [-0.39, 0.29) is 12.5 Å². The van der Waals surface area contributed by atoms with Crippen LogP contribution in [-0.2, 0) is 4.79 Å². The molecule has 11 heavy (non-hydrogen) atoms. The summed E-state index contributed by atoms with van der Waals surface area (Å²) in [4.78, 5) is 10.0. The molecule has 0 aliphatic carbocycles. The highest BCUT2D eigenvalue weighted by Crippen LogP contribution is 1.89. The van der Waals surface area contributed by atoms with Crippen LogP contribution in [0.15, 0.2) is 6.33 Å². The van der Waals surface area contributed by atoms with E-state index in [1.807, 2.05) is 0 Å². The van der Waals surface area contributed by atoms with E-state index in [1.165, 1.54) is 11.0 Å². The van der Waals surface area contributed by atoms with Gasteiger partial charge >= 0.3 is 5.97 Å². The first-order chi connectivity index (χ1) is 5.20. The Morgan fingerprint density at radius 2 is 2.64 bits per heavy atom. The Balaban J connectivity index is 2.51. The van der Waals surface area contributed by atoms with Crippen molar-refractivity contribution in [1.82, 2.24) is 14.9 Å². The Kier molecular flexibility index (Phi) is 1.90. The molecule has 1 heterocycles. The number of nitrogen functional groups attached to an aromatic ring is 1. The Morgan fingerprint density at radius 3 is 3.09 bits per heavy atom. The summed E-state index contributed by atoms with van der Waals surface area (Å²) < 4.78 is 1.23. The number of nitrogens with one attached hydrogen (secondary N) is 1. The van der Waals surface area contributed by atoms with Gasteiger partial charge in [-0.3, -0.25) is 4.79 Å². The Bertz CT molecular complexity index is 257. The first-order valence-electron chi connectivity index (χ1n) is 2.81. The van der Waals surface area contributed by atoms with Crippen molar-refractivity contribution in [2.24, 2.45) is 0 Å². The van der Waals surface area contributed by atoms with Gasteiger partial charge in [0, 0.05) is 0 Å². The molecule has 0 aliphatic rings. The maximum Gasteiger partial charge on any atom is 0.324 e. The van der Waals surface area contributed by atoms with E-state index in [1.54, 1.807) is 0 Å². The molecule has 1 aromatic heterocycles. The summed E-state index contributed by atoms with van der Waals surface area (Å²) in [6, 6.07) is 0. The minimum atomic E-state index is -0.974. The van der Waals surface area contributed by atoms with Crippen molar-refractivity contribution in [2.45, 2.75) is 0 Å². The lowest BCUT2D eigenvalue weighted by atomic mass is 10.7. The van der Waals surface area contributed by atoms with Crippen molar-refractivity contribution in [1.29, 1.82) is 0 Å². The molecule has 0 saturated heterocycles. The molecule has 7 heteroatoms. The Morgan fingerprint density at radius 1 is 1.91 bits per heavy atom. The highest BCUT2D eigenvalue weighted by molar-refractivity contribution is 5.70. The fraction of sp³-hybridized carbons (Fsp3) is 0.250. The van der Waals surface area contributed by atoms with Crippen molar-refractivity contribution in [3.05, 3.63) is 6.33 Å². The molecule has 0 unspecified atom stereocenters. The highest BCUT2D eigenvalue weighted by atomic mass is 16.4. The van der Waals surface area contributed by atoms with E-state index in [4.69, 9.17) is 10.8 Å². The van der Waals surface area contributed by atoms with Crippen LogP contribution in [0.3, 0.4) is 0 Å². The molecular weight excluding hydrogens is 150 g/mol. The largest absolute Gasteiger partial charge is 0.480 e. The maximum atomic E-state index is 10.0. The number of hydrogen-bond donors (Lipinski definition) is 3. The van der Waals surface area contributed by atoms with Gasteiger partial charge in [-0.05, 0) is 0 Å². The molecule has 0 spiro atoms. The maximum absolute atomic E-state index is 10.0.